The molecular formula is C19H20N2O4. The van der Waals surface area contributed by atoms with Crippen LogP contribution in [0.3, 0.4) is 0 Å². The molecule has 130 valence electrons. The largest absolute Gasteiger partial charge is 0.492 e. The molecule has 3 rings (SSSR count). The maximum atomic E-state index is 12.0. The third kappa shape index (κ3) is 4.50. The molecule has 0 fully saturated rings. The fourth-order valence-corrected chi connectivity index (χ4v) is 2.46. The molecule has 0 saturated heterocycles. The van der Waals surface area contributed by atoms with Crippen LogP contribution in [0.1, 0.15) is 12.0 Å². The number of fused-ring (bicyclic) bond motifs is 1. The Morgan fingerprint density at radius 1 is 1.20 bits per heavy atom. The second kappa shape index (κ2) is 7.70. The van der Waals surface area contributed by atoms with E-state index in [0.29, 0.717) is 24.6 Å². The van der Waals surface area contributed by atoms with Gasteiger partial charge in [0, 0.05) is 0 Å². The minimum absolute atomic E-state index is 0.0370. The Labute approximate surface area is 146 Å². The predicted molar refractivity (Wildman–Crippen MR) is 93.8 cm³/mol. The van der Waals surface area contributed by atoms with Crippen molar-refractivity contribution in [1.29, 1.82) is 0 Å². The Balaban J connectivity index is 1.42. The summed E-state index contributed by atoms with van der Waals surface area (Å²) < 4.78 is 11.1. The van der Waals surface area contributed by atoms with E-state index < -0.39 is 6.10 Å². The summed E-state index contributed by atoms with van der Waals surface area (Å²) in [5, 5.41) is 5.47. The van der Waals surface area contributed by atoms with E-state index in [9.17, 15) is 9.59 Å². The minimum Gasteiger partial charge on any atom is -0.492 e. The molecule has 6 nitrogen and oxygen atoms in total. The van der Waals surface area contributed by atoms with Crippen molar-refractivity contribution in [2.75, 3.05) is 18.5 Å². The molecular weight excluding hydrogens is 320 g/mol. The first-order valence-corrected chi connectivity index (χ1v) is 8.14. The molecule has 6 heteroatoms. The summed E-state index contributed by atoms with van der Waals surface area (Å²) in [5.74, 6) is 0.755. The quantitative estimate of drug-likeness (QED) is 0.791. The highest BCUT2D eigenvalue weighted by Gasteiger charge is 2.29. The summed E-state index contributed by atoms with van der Waals surface area (Å²) in [6.45, 7) is 2.72. The Morgan fingerprint density at radius 3 is 2.76 bits per heavy atom. The van der Waals surface area contributed by atoms with Gasteiger partial charge in [-0.05, 0) is 31.2 Å². The second-order valence-electron chi connectivity index (χ2n) is 5.81. The molecule has 0 radical (unpaired) electrons. The van der Waals surface area contributed by atoms with Crippen molar-refractivity contribution in [3.05, 3.63) is 54.1 Å². The van der Waals surface area contributed by atoms with Crippen molar-refractivity contribution in [3.63, 3.8) is 0 Å². The van der Waals surface area contributed by atoms with Crippen LogP contribution in [0.15, 0.2) is 48.5 Å². The molecule has 0 saturated carbocycles. The first-order chi connectivity index (χ1) is 12.1. The van der Waals surface area contributed by atoms with Crippen molar-refractivity contribution in [2.24, 2.45) is 0 Å². The maximum absolute atomic E-state index is 12.0. The van der Waals surface area contributed by atoms with E-state index in [1.807, 2.05) is 43.3 Å². The topological polar surface area (TPSA) is 76.7 Å². The van der Waals surface area contributed by atoms with Gasteiger partial charge in [0.2, 0.25) is 5.91 Å². The van der Waals surface area contributed by atoms with E-state index in [-0.39, 0.29) is 18.2 Å². The first-order valence-electron chi connectivity index (χ1n) is 8.14. The Hall–Kier alpha value is -3.02. The van der Waals surface area contributed by atoms with E-state index in [1.54, 1.807) is 12.1 Å². The molecule has 1 atom stereocenters. The summed E-state index contributed by atoms with van der Waals surface area (Å²) in [6.07, 6.45) is -0.863. The van der Waals surface area contributed by atoms with Gasteiger partial charge in [-0.15, -0.1) is 0 Å². The number of aryl methyl sites for hydroxylation is 1. The molecule has 1 heterocycles. The summed E-state index contributed by atoms with van der Waals surface area (Å²) >= 11 is 0. The Morgan fingerprint density at radius 2 is 1.96 bits per heavy atom. The molecule has 0 bridgehead atoms. The number of hydrogen-bond donors (Lipinski definition) is 2. The molecule has 2 aromatic rings. The van der Waals surface area contributed by atoms with Gasteiger partial charge in [0.25, 0.3) is 5.91 Å². The number of carbonyl (C=O) groups excluding carboxylic acids is 2. The van der Waals surface area contributed by atoms with E-state index in [2.05, 4.69) is 10.6 Å². The SMILES string of the molecule is Cc1ccc(OCCNC(=O)C[C@H]2Oc3ccccc3NC2=O)cc1. The molecule has 1 aliphatic heterocycles. The van der Waals surface area contributed by atoms with Crippen molar-refractivity contribution in [1.82, 2.24) is 5.32 Å². The van der Waals surface area contributed by atoms with Crippen LogP contribution in [0.25, 0.3) is 0 Å². The van der Waals surface area contributed by atoms with Crippen LogP contribution in [-0.2, 0) is 9.59 Å². The summed E-state index contributed by atoms with van der Waals surface area (Å²) in [5.41, 5.74) is 1.78. The molecule has 0 unspecified atom stereocenters. The number of benzene rings is 2. The summed E-state index contributed by atoms with van der Waals surface area (Å²) in [7, 11) is 0. The zero-order valence-corrected chi connectivity index (χ0v) is 14.0. The molecule has 1 aliphatic rings. The lowest BCUT2D eigenvalue weighted by molar-refractivity contribution is -0.130. The lowest BCUT2D eigenvalue weighted by Gasteiger charge is -2.25. The van der Waals surface area contributed by atoms with Crippen LogP contribution < -0.4 is 20.1 Å². The lowest BCUT2D eigenvalue weighted by atomic mass is 10.1. The van der Waals surface area contributed by atoms with Gasteiger partial charge in [0.15, 0.2) is 6.10 Å². The van der Waals surface area contributed by atoms with Crippen molar-refractivity contribution >= 4 is 17.5 Å². The van der Waals surface area contributed by atoms with Crippen LogP contribution in [0.4, 0.5) is 5.69 Å². The van der Waals surface area contributed by atoms with Crippen molar-refractivity contribution < 1.29 is 19.1 Å². The Bertz CT molecular complexity index is 758. The Kier molecular flexibility index (Phi) is 5.18. The van der Waals surface area contributed by atoms with E-state index >= 15 is 0 Å². The lowest BCUT2D eigenvalue weighted by Crippen LogP contribution is -2.41. The molecule has 2 N–H and O–H groups in total. The highest BCUT2D eigenvalue weighted by atomic mass is 16.5. The molecule has 2 aromatic carbocycles. The van der Waals surface area contributed by atoms with Gasteiger partial charge >= 0.3 is 0 Å². The smallest absolute Gasteiger partial charge is 0.266 e. The molecule has 2 amide bonds. The van der Waals surface area contributed by atoms with Crippen molar-refractivity contribution in [3.8, 4) is 11.5 Å². The number of hydrogen-bond acceptors (Lipinski definition) is 4. The molecule has 0 aromatic heterocycles. The number of rotatable bonds is 6. The van der Waals surface area contributed by atoms with Crippen LogP contribution in [-0.4, -0.2) is 31.1 Å². The van der Waals surface area contributed by atoms with E-state index in [0.717, 1.165) is 11.3 Å². The minimum atomic E-state index is -0.826. The van der Waals surface area contributed by atoms with Gasteiger partial charge < -0.3 is 20.1 Å². The van der Waals surface area contributed by atoms with Gasteiger partial charge in [0.1, 0.15) is 18.1 Å². The number of para-hydroxylation sites is 2. The van der Waals surface area contributed by atoms with Gasteiger partial charge in [-0.2, -0.15) is 0 Å². The second-order valence-corrected chi connectivity index (χ2v) is 5.81. The third-order valence-electron chi connectivity index (χ3n) is 3.79. The van der Waals surface area contributed by atoms with E-state index in [4.69, 9.17) is 9.47 Å². The molecule has 0 spiro atoms. The zero-order valence-electron chi connectivity index (χ0n) is 14.0. The standard InChI is InChI=1S/C19H20N2O4/c1-13-6-8-14(9-7-13)24-11-10-20-18(22)12-17-19(23)21-15-4-2-3-5-16(15)25-17/h2-9,17H,10-12H2,1H3,(H,20,22)(H,21,23)/t17-/m1/s1. The average Bonchev–Trinajstić information content (AvgIpc) is 2.61. The van der Waals surface area contributed by atoms with Crippen LogP contribution in [0.2, 0.25) is 0 Å². The summed E-state index contributed by atoms with van der Waals surface area (Å²) in [4.78, 5) is 24.0. The number of anilines is 1. The van der Waals surface area contributed by atoms with Crippen molar-refractivity contribution in [2.45, 2.75) is 19.4 Å². The highest BCUT2D eigenvalue weighted by Crippen LogP contribution is 2.29. The number of nitrogens with one attached hydrogen (secondary N) is 2. The zero-order chi connectivity index (χ0) is 17.6. The van der Waals surface area contributed by atoms with Crippen LogP contribution in [0, 0.1) is 6.92 Å². The summed E-state index contributed by atoms with van der Waals surface area (Å²) in [6, 6.07) is 14.8. The fraction of sp³-hybridized carbons (Fsp3) is 0.263. The van der Waals surface area contributed by atoms with Crippen LogP contribution in [0.5, 0.6) is 11.5 Å². The molecule has 0 aliphatic carbocycles. The number of amides is 2. The first kappa shape index (κ1) is 16.8. The average molecular weight is 340 g/mol. The predicted octanol–water partition coefficient (Wildman–Crippen LogP) is 2.28. The number of ether oxygens (including phenoxy) is 2. The normalized spacial score (nSPS) is 15.6. The number of carbonyl (C=O) groups is 2. The third-order valence-corrected chi connectivity index (χ3v) is 3.79. The fourth-order valence-electron chi connectivity index (χ4n) is 2.46. The monoisotopic (exact) mass is 340 g/mol. The van der Waals surface area contributed by atoms with E-state index in [1.165, 1.54) is 0 Å². The van der Waals surface area contributed by atoms with Crippen LogP contribution >= 0.6 is 0 Å². The van der Waals surface area contributed by atoms with Gasteiger partial charge in [-0.1, -0.05) is 29.8 Å². The van der Waals surface area contributed by atoms with Gasteiger partial charge in [-0.25, -0.2) is 0 Å². The maximum Gasteiger partial charge on any atom is 0.266 e. The highest BCUT2D eigenvalue weighted by molar-refractivity contribution is 5.99. The molecule has 25 heavy (non-hydrogen) atoms. The van der Waals surface area contributed by atoms with Gasteiger partial charge in [-0.3, -0.25) is 9.59 Å². The van der Waals surface area contributed by atoms with Gasteiger partial charge in [0.05, 0.1) is 18.7 Å².